The highest BCUT2D eigenvalue weighted by Gasteiger charge is 2.44. The first kappa shape index (κ1) is 27.6. The first-order chi connectivity index (χ1) is 18.6. The Bertz CT molecular complexity index is 1310. The van der Waals surface area contributed by atoms with Gasteiger partial charge in [-0.25, -0.2) is 19.2 Å². The number of carbonyl (C=O) groups is 2. The molecule has 0 unspecified atom stereocenters. The van der Waals surface area contributed by atoms with Crippen molar-refractivity contribution in [3.63, 3.8) is 0 Å². The topological polar surface area (TPSA) is 127 Å². The summed E-state index contributed by atoms with van der Waals surface area (Å²) in [6, 6.07) is 8.62. The van der Waals surface area contributed by atoms with Crippen LogP contribution < -0.4 is 26.0 Å². The van der Waals surface area contributed by atoms with Gasteiger partial charge in [0, 0.05) is 32.3 Å². The van der Waals surface area contributed by atoms with E-state index < -0.39 is 35.1 Å². The van der Waals surface area contributed by atoms with Crippen LogP contribution in [-0.2, 0) is 22.3 Å². The van der Waals surface area contributed by atoms with Gasteiger partial charge in [0.15, 0.2) is 5.75 Å². The number of halogens is 4. The summed E-state index contributed by atoms with van der Waals surface area (Å²) < 4.78 is 63.6. The minimum absolute atomic E-state index is 0.0643. The van der Waals surface area contributed by atoms with Crippen molar-refractivity contribution in [3.8, 4) is 5.75 Å². The van der Waals surface area contributed by atoms with E-state index in [4.69, 9.17) is 9.47 Å². The Balaban J connectivity index is 1.36. The van der Waals surface area contributed by atoms with Gasteiger partial charge in [-0.2, -0.15) is 13.2 Å². The number of aromatic nitrogens is 2. The fourth-order valence-electron chi connectivity index (χ4n) is 3.80. The number of amides is 2. The van der Waals surface area contributed by atoms with E-state index in [-0.39, 0.29) is 37.6 Å². The van der Waals surface area contributed by atoms with Crippen molar-refractivity contribution >= 4 is 29.3 Å². The van der Waals surface area contributed by atoms with Gasteiger partial charge in [-0.3, -0.25) is 4.79 Å². The third-order valence-electron chi connectivity index (χ3n) is 5.83. The number of nitrogens with zero attached hydrogens (tertiary/aromatic N) is 2. The molecule has 0 aliphatic carbocycles. The highest BCUT2D eigenvalue weighted by Crippen LogP contribution is 2.36. The Labute approximate surface area is 220 Å². The number of ether oxygens (including phenoxy) is 2. The molecule has 10 nitrogen and oxygen atoms in total. The summed E-state index contributed by atoms with van der Waals surface area (Å²) in [7, 11) is 1.64. The highest BCUT2D eigenvalue weighted by atomic mass is 19.4. The molecule has 1 aliphatic rings. The number of benzene rings is 2. The SMILES string of the molecule is CNc1ncc(OC(=O)N[C@@]2(C(=O)NCc3ccc(Nc4ccc(F)cc4C(F)(F)F)cc3)CCOC2)cn1. The zero-order valence-electron chi connectivity index (χ0n) is 20.6. The Morgan fingerprint density at radius 1 is 1.10 bits per heavy atom. The minimum atomic E-state index is -4.74. The Kier molecular flexibility index (Phi) is 8.14. The van der Waals surface area contributed by atoms with Crippen molar-refractivity contribution in [1.29, 1.82) is 0 Å². The summed E-state index contributed by atoms with van der Waals surface area (Å²) in [6.07, 6.45) is -2.81. The molecule has 0 saturated carbocycles. The summed E-state index contributed by atoms with van der Waals surface area (Å²) in [6.45, 7) is 0.254. The summed E-state index contributed by atoms with van der Waals surface area (Å²) in [4.78, 5) is 33.4. The summed E-state index contributed by atoms with van der Waals surface area (Å²) in [5.74, 6) is -1.07. The molecule has 1 fully saturated rings. The van der Waals surface area contributed by atoms with E-state index in [1.165, 1.54) is 24.5 Å². The van der Waals surface area contributed by atoms with Crippen molar-refractivity contribution in [2.45, 2.75) is 24.7 Å². The monoisotopic (exact) mass is 548 g/mol. The predicted octanol–water partition coefficient (Wildman–Crippen LogP) is 3.98. The van der Waals surface area contributed by atoms with Gasteiger partial charge in [-0.15, -0.1) is 0 Å². The van der Waals surface area contributed by atoms with Gasteiger partial charge in [-0.1, -0.05) is 12.1 Å². The summed E-state index contributed by atoms with van der Waals surface area (Å²) in [5, 5.41) is 10.7. The molecule has 1 aliphatic heterocycles. The van der Waals surface area contributed by atoms with E-state index in [0.717, 1.165) is 12.1 Å². The molecule has 2 heterocycles. The molecule has 4 rings (SSSR count). The van der Waals surface area contributed by atoms with Crippen LogP contribution in [0.3, 0.4) is 0 Å². The van der Waals surface area contributed by atoms with Crippen LogP contribution >= 0.6 is 0 Å². The van der Waals surface area contributed by atoms with E-state index in [2.05, 4.69) is 31.2 Å². The zero-order valence-corrected chi connectivity index (χ0v) is 20.6. The maximum atomic E-state index is 13.3. The number of carbonyl (C=O) groups excluding carboxylic acids is 2. The molecule has 2 aromatic carbocycles. The van der Waals surface area contributed by atoms with Crippen LogP contribution in [0.1, 0.15) is 17.5 Å². The van der Waals surface area contributed by atoms with Crippen LogP contribution in [0.2, 0.25) is 0 Å². The van der Waals surface area contributed by atoms with Crippen LogP contribution in [0, 0.1) is 5.82 Å². The van der Waals surface area contributed by atoms with Gasteiger partial charge in [0.1, 0.15) is 11.4 Å². The van der Waals surface area contributed by atoms with E-state index in [9.17, 15) is 27.2 Å². The van der Waals surface area contributed by atoms with Crippen LogP contribution in [-0.4, -0.2) is 47.8 Å². The molecular weight excluding hydrogens is 524 g/mol. The predicted molar refractivity (Wildman–Crippen MR) is 132 cm³/mol. The lowest BCUT2D eigenvalue weighted by Gasteiger charge is -2.27. The van der Waals surface area contributed by atoms with E-state index in [1.807, 2.05) is 0 Å². The molecule has 1 aromatic heterocycles. The second-order valence-electron chi connectivity index (χ2n) is 8.58. The number of anilines is 3. The van der Waals surface area contributed by atoms with Gasteiger partial charge in [0.05, 0.1) is 30.3 Å². The standard InChI is InChI=1S/C25H24F4N6O4/c1-30-22-32-12-18(13-33-22)39-23(37)35-24(8-9-38-14-24)21(36)31-11-15-2-5-17(6-3-15)34-20-7-4-16(26)10-19(20)25(27,28)29/h2-7,10,12-13,34H,8-9,11,14H2,1H3,(H,31,36)(H,35,37)(H,30,32,33)/t24-/m0/s1. The van der Waals surface area contributed by atoms with E-state index >= 15 is 0 Å². The molecule has 3 aromatic rings. The molecule has 0 bridgehead atoms. The zero-order chi connectivity index (χ0) is 28.0. The lowest BCUT2D eigenvalue weighted by Crippen LogP contribution is -2.59. The average molecular weight is 548 g/mol. The van der Waals surface area contributed by atoms with Crippen LogP contribution in [0.25, 0.3) is 0 Å². The average Bonchev–Trinajstić information content (AvgIpc) is 3.38. The van der Waals surface area contributed by atoms with Crippen LogP contribution in [0.15, 0.2) is 54.9 Å². The second-order valence-corrected chi connectivity index (χ2v) is 8.58. The molecule has 4 N–H and O–H groups in total. The first-order valence-corrected chi connectivity index (χ1v) is 11.7. The van der Waals surface area contributed by atoms with Gasteiger partial charge in [0.2, 0.25) is 11.9 Å². The number of rotatable bonds is 8. The Hall–Kier alpha value is -4.46. The Morgan fingerprint density at radius 2 is 1.82 bits per heavy atom. The quantitative estimate of drug-likeness (QED) is 0.312. The van der Waals surface area contributed by atoms with Gasteiger partial charge < -0.3 is 30.7 Å². The smallest absolute Gasteiger partial charge is 0.407 e. The van der Waals surface area contributed by atoms with Gasteiger partial charge in [0.25, 0.3) is 0 Å². The maximum Gasteiger partial charge on any atom is 0.418 e. The summed E-state index contributed by atoms with van der Waals surface area (Å²) >= 11 is 0. The molecule has 0 spiro atoms. The second kappa shape index (κ2) is 11.5. The molecule has 1 saturated heterocycles. The number of nitrogens with one attached hydrogen (secondary N) is 4. The van der Waals surface area contributed by atoms with Crippen molar-refractivity contribution in [2.24, 2.45) is 0 Å². The molecule has 39 heavy (non-hydrogen) atoms. The third kappa shape index (κ3) is 6.90. The van der Waals surface area contributed by atoms with Crippen molar-refractivity contribution in [2.75, 3.05) is 30.9 Å². The molecule has 0 radical (unpaired) electrons. The first-order valence-electron chi connectivity index (χ1n) is 11.7. The van der Waals surface area contributed by atoms with E-state index in [0.29, 0.717) is 23.3 Å². The van der Waals surface area contributed by atoms with Gasteiger partial charge >= 0.3 is 12.3 Å². The number of alkyl halides is 3. The fourth-order valence-corrected chi connectivity index (χ4v) is 3.80. The Morgan fingerprint density at radius 3 is 2.44 bits per heavy atom. The van der Waals surface area contributed by atoms with Crippen molar-refractivity contribution < 1.29 is 36.6 Å². The fraction of sp³-hybridized carbons (Fsp3) is 0.280. The largest absolute Gasteiger partial charge is 0.418 e. The normalized spacial score (nSPS) is 16.8. The number of hydrogen-bond donors (Lipinski definition) is 4. The van der Waals surface area contributed by atoms with Gasteiger partial charge in [-0.05, 0) is 35.9 Å². The van der Waals surface area contributed by atoms with Crippen LogP contribution in [0.4, 0.5) is 39.7 Å². The molecule has 2 amide bonds. The van der Waals surface area contributed by atoms with Crippen molar-refractivity contribution in [3.05, 3.63) is 71.8 Å². The van der Waals surface area contributed by atoms with Crippen molar-refractivity contribution in [1.82, 2.24) is 20.6 Å². The third-order valence-corrected chi connectivity index (χ3v) is 5.83. The molecule has 206 valence electrons. The van der Waals surface area contributed by atoms with E-state index in [1.54, 1.807) is 19.2 Å². The minimum Gasteiger partial charge on any atom is -0.407 e. The lowest BCUT2D eigenvalue weighted by molar-refractivity contribution is -0.137. The molecule has 1 atom stereocenters. The van der Waals surface area contributed by atoms with Crippen LogP contribution in [0.5, 0.6) is 5.75 Å². The summed E-state index contributed by atoms with van der Waals surface area (Å²) in [5.41, 5.74) is -1.81. The molecule has 14 heteroatoms. The maximum absolute atomic E-state index is 13.3. The lowest BCUT2D eigenvalue weighted by atomic mass is 9.97. The molecular formula is C25H24F4N6O4. The number of hydrogen-bond acceptors (Lipinski definition) is 8. The highest BCUT2D eigenvalue weighted by molar-refractivity contribution is 5.90.